The first-order valence-electron chi connectivity index (χ1n) is 3.54. The van der Waals surface area contributed by atoms with Gasteiger partial charge >= 0.3 is 5.97 Å². The van der Waals surface area contributed by atoms with E-state index in [4.69, 9.17) is 0 Å². The average molecular weight is 215 g/mol. The minimum atomic E-state index is -3.49. The van der Waals surface area contributed by atoms with Crippen molar-refractivity contribution in [2.24, 2.45) is 0 Å². The molecular formula is C7H12NaO4S. The number of carbonyl (C=O) groups is 1. The normalized spacial score (nSPS) is 10.0. The van der Waals surface area contributed by atoms with E-state index >= 15 is 0 Å². The third-order valence-electron chi connectivity index (χ3n) is 1.26. The van der Waals surface area contributed by atoms with Crippen LogP contribution in [0.4, 0.5) is 0 Å². The quantitative estimate of drug-likeness (QED) is 0.379. The van der Waals surface area contributed by atoms with Crippen molar-refractivity contribution in [3.05, 3.63) is 11.5 Å². The molecular weight excluding hydrogens is 203 g/mol. The molecule has 0 saturated carbocycles. The van der Waals surface area contributed by atoms with Crippen LogP contribution in [0.2, 0.25) is 0 Å². The van der Waals surface area contributed by atoms with E-state index in [0.29, 0.717) is 0 Å². The van der Waals surface area contributed by atoms with Gasteiger partial charge in [-0.25, -0.2) is 13.2 Å². The largest absolute Gasteiger partial charge is 0.462 e. The number of hydrogen-bond donors (Lipinski definition) is 0. The standard InChI is InChI=1S/C7H12O4S.Na/c1-4-11-7(8)6(3)12(9,10)5-2;/h3-5H2,1-2H3;. The van der Waals surface area contributed by atoms with Gasteiger partial charge in [-0.15, -0.1) is 0 Å². The van der Waals surface area contributed by atoms with Gasteiger partial charge in [0, 0.05) is 29.6 Å². The maximum atomic E-state index is 11.0. The molecule has 0 aliphatic heterocycles. The molecule has 13 heavy (non-hydrogen) atoms. The van der Waals surface area contributed by atoms with Crippen LogP contribution in [-0.2, 0) is 19.4 Å². The maximum Gasteiger partial charge on any atom is 0.349 e. The molecule has 0 spiro atoms. The van der Waals surface area contributed by atoms with Gasteiger partial charge in [-0.2, -0.15) is 0 Å². The van der Waals surface area contributed by atoms with Crippen LogP contribution in [0.5, 0.6) is 0 Å². The summed E-state index contributed by atoms with van der Waals surface area (Å²) in [5, 5.41) is 0. The summed E-state index contributed by atoms with van der Waals surface area (Å²) in [6.07, 6.45) is 0. The first-order valence-corrected chi connectivity index (χ1v) is 5.19. The Bertz CT molecular complexity index is 281. The SMILES string of the molecule is C=C(C(=O)OCC)S(=O)(=O)CC.[Na]. The zero-order valence-electron chi connectivity index (χ0n) is 8.16. The number of carbonyl (C=O) groups excluding carboxylic acids is 1. The number of hydrogen-bond acceptors (Lipinski definition) is 4. The monoisotopic (exact) mass is 215 g/mol. The van der Waals surface area contributed by atoms with E-state index in [-0.39, 0.29) is 41.9 Å². The van der Waals surface area contributed by atoms with Crippen molar-refractivity contribution in [2.75, 3.05) is 12.4 Å². The predicted molar refractivity (Wildman–Crippen MR) is 51.0 cm³/mol. The van der Waals surface area contributed by atoms with Crippen LogP contribution in [0.1, 0.15) is 13.8 Å². The van der Waals surface area contributed by atoms with E-state index < -0.39 is 20.7 Å². The Labute approximate surface area is 101 Å². The summed E-state index contributed by atoms with van der Waals surface area (Å²) in [7, 11) is -3.49. The van der Waals surface area contributed by atoms with Gasteiger partial charge in [-0.05, 0) is 6.92 Å². The zero-order chi connectivity index (χ0) is 9.78. The molecule has 0 aromatic rings. The van der Waals surface area contributed by atoms with Gasteiger partial charge < -0.3 is 4.74 Å². The van der Waals surface area contributed by atoms with Crippen molar-refractivity contribution in [3.63, 3.8) is 0 Å². The molecule has 0 fully saturated rings. The van der Waals surface area contributed by atoms with Gasteiger partial charge in [0.2, 0.25) is 0 Å². The third kappa shape index (κ3) is 4.81. The van der Waals surface area contributed by atoms with Crippen molar-refractivity contribution in [3.8, 4) is 0 Å². The van der Waals surface area contributed by atoms with Gasteiger partial charge in [0.25, 0.3) is 0 Å². The van der Waals surface area contributed by atoms with E-state index in [0.717, 1.165) is 0 Å². The van der Waals surface area contributed by atoms with E-state index in [9.17, 15) is 13.2 Å². The minimum Gasteiger partial charge on any atom is -0.462 e. The Kier molecular flexibility index (Phi) is 7.92. The fraction of sp³-hybridized carbons (Fsp3) is 0.571. The fourth-order valence-corrected chi connectivity index (χ4v) is 1.17. The molecule has 0 heterocycles. The molecule has 0 atom stereocenters. The molecule has 1 radical (unpaired) electrons. The van der Waals surface area contributed by atoms with Crippen molar-refractivity contribution < 1.29 is 17.9 Å². The molecule has 0 aromatic carbocycles. The number of sulfone groups is 1. The summed E-state index contributed by atoms with van der Waals surface area (Å²) >= 11 is 0. The molecule has 0 amide bonds. The Morgan fingerprint density at radius 1 is 1.38 bits per heavy atom. The maximum absolute atomic E-state index is 11.0. The second-order valence-corrected chi connectivity index (χ2v) is 4.35. The predicted octanol–water partition coefficient (Wildman–Crippen LogP) is 0.117. The van der Waals surface area contributed by atoms with Gasteiger partial charge in [0.1, 0.15) is 4.91 Å². The Hall–Kier alpha value is 0.160. The molecule has 71 valence electrons. The summed E-state index contributed by atoms with van der Waals surface area (Å²) in [6, 6.07) is 0. The molecule has 6 heteroatoms. The average Bonchev–Trinajstić information content (AvgIpc) is 2.03. The number of rotatable bonds is 4. The molecule has 0 aromatic heterocycles. The fourth-order valence-electron chi connectivity index (χ4n) is 0.513. The second kappa shape index (κ2) is 6.59. The van der Waals surface area contributed by atoms with Crippen LogP contribution in [-0.4, -0.2) is 56.3 Å². The summed E-state index contributed by atoms with van der Waals surface area (Å²) < 4.78 is 26.5. The number of esters is 1. The van der Waals surface area contributed by atoms with Gasteiger partial charge in [-0.1, -0.05) is 13.5 Å². The second-order valence-electron chi connectivity index (χ2n) is 2.05. The Morgan fingerprint density at radius 3 is 2.15 bits per heavy atom. The van der Waals surface area contributed by atoms with Gasteiger partial charge in [0.15, 0.2) is 9.84 Å². The van der Waals surface area contributed by atoms with E-state index in [2.05, 4.69) is 11.3 Å². The van der Waals surface area contributed by atoms with Crippen LogP contribution in [0.3, 0.4) is 0 Å². The van der Waals surface area contributed by atoms with Crippen LogP contribution >= 0.6 is 0 Å². The van der Waals surface area contributed by atoms with Crippen molar-refractivity contribution in [2.45, 2.75) is 13.8 Å². The summed E-state index contributed by atoms with van der Waals surface area (Å²) in [5.41, 5.74) is 0. The first-order chi connectivity index (χ1) is 5.45. The zero-order valence-corrected chi connectivity index (χ0v) is 11.0. The van der Waals surface area contributed by atoms with E-state index in [1.54, 1.807) is 6.92 Å². The summed E-state index contributed by atoms with van der Waals surface area (Å²) in [4.78, 5) is 10.4. The van der Waals surface area contributed by atoms with Gasteiger partial charge in [-0.3, -0.25) is 0 Å². The topological polar surface area (TPSA) is 60.4 Å². The van der Waals surface area contributed by atoms with Gasteiger partial charge in [0.05, 0.1) is 12.4 Å². The van der Waals surface area contributed by atoms with Crippen LogP contribution in [0.15, 0.2) is 11.5 Å². The Morgan fingerprint density at radius 2 is 1.85 bits per heavy atom. The first kappa shape index (κ1) is 15.6. The van der Waals surface area contributed by atoms with Crippen molar-refractivity contribution in [1.29, 1.82) is 0 Å². The molecule has 0 saturated heterocycles. The third-order valence-corrected chi connectivity index (χ3v) is 2.94. The van der Waals surface area contributed by atoms with E-state index in [1.807, 2.05) is 0 Å². The summed E-state index contributed by atoms with van der Waals surface area (Å²) in [5.74, 6) is -0.996. The molecule has 0 N–H and O–H groups in total. The van der Waals surface area contributed by atoms with Crippen molar-refractivity contribution in [1.82, 2.24) is 0 Å². The molecule has 0 aliphatic carbocycles. The molecule has 0 bridgehead atoms. The molecule has 4 nitrogen and oxygen atoms in total. The van der Waals surface area contributed by atoms with Crippen LogP contribution < -0.4 is 0 Å². The van der Waals surface area contributed by atoms with E-state index in [1.165, 1.54) is 6.92 Å². The molecule has 0 rings (SSSR count). The summed E-state index contributed by atoms with van der Waals surface area (Å²) in [6.45, 7) is 6.35. The molecule has 0 aliphatic rings. The smallest absolute Gasteiger partial charge is 0.349 e. The Balaban J connectivity index is 0. The van der Waals surface area contributed by atoms with Crippen LogP contribution in [0.25, 0.3) is 0 Å². The van der Waals surface area contributed by atoms with Crippen LogP contribution in [0, 0.1) is 0 Å². The molecule has 0 unspecified atom stereocenters. The van der Waals surface area contributed by atoms with Crippen molar-refractivity contribution >= 4 is 45.4 Å². The number of ether oxygens (including phenoxy) is 1. The minimum absolute atomic E-state index is 0.